The van der Waals surface area contributed by atoms with Crippen molar-refractivity contribution in [1.29, 1.82) is 0 Å². The SMILES string of the molecule is CNCC1CN(Cc2ccncc2)CCC(C)N1C. The van der Waals surface area contributed by atoms with Crippen molar-refractivity contribution < 1.29 is 0 Å². The van der Waals surface area contributed by atoms with Crippen molar-refractivity contribution in [2.75, 3.05) is 33.7 Å². The Morgan fingerprint density at radius 2 is 2.11 bits per heavy atom. The molecule has 0 amide bonds. The third-order valence-corrected chi connectivity index (χ3v) is 4.20. The van der Waals surface area contributed by atoms with E-state index in [1.165, 1.54) is 18.5 Å². The highest BCUT2D eigenvalue weighted by Gasteiger charge is 2.26. The molecule has 1 aromatic rings. The molecule has 1 N–H and O–H groups in total. The molecular weight excluding hydrogens is 236 g/mol. The molecule has 2 rings (SSSR count). The summed E-state index contributed by atoms with van der Waals surface area (Å²) in [6, 6.07) is 5.47. The lowest BCUT2D eigenvalue weighted by Gasteiger charge is -2.31. The predicted octanol–water partition coefficient (Wildman–Crippen LogP) is 1.20. The molecule has 2 atom stereocenters. The Hall–Kier alpha value is -0.970. The number of hydrogen-bond acceptors (Lipinski definition) is 4. The summed E-state index contributed by atoms with van der Waals surface area (Å²) in [5, 5.41) is 3.32. The highest BCUT2D eigenvalue weighted by molar-refractivity contribution is 5.09. The molecule has 19 heavy (non-hydrogen) atoms. The molecule has 0 aromatic carbocycles. The summed E-state index contributed by atoms with van der Waals surface area (Å²) < 4.78 is 0. The molecule has 2 heterocycles. The van der Waals surface area contributed by atoms with Gasteiger partial charge in [-0.3, -0.25) is 14.8 Å². The number of nitrogens with zero attached hydrogens (tertiary/aromatic N) is 3. The first-order valence-corrected chi connectivity index (χ1v) is 7.18. The number of rotatable bonds is 4. The van der Waals surface area contributed by atoms with E-state index in [2.05, 4.69) is 46.2 Å². The standard InChI is InChI=1S/C15H26N4/c1-13-6-9-19(11-14-4-7-17-8-5-14)12-15(10-16-2)18(13)3/h4-5,7-8,13,15-16H,6,9-12H2,1-3H3. The van der Waals surface area contributed by atoms with Crippen LogP contribution in [-0.4, -0.2) is 60.6 Å². The Bertz CT molecular complexity index is 368. The Balaban J connectivity index is 2.01. The van der Waals surface area contributed by atoms with Gasteiger partial charge < -0.3 is 5.32 Å². The van der Waals surface area contributed by atoms with Gasteiger partial charge in [0.1, 0.15) is 0 Å². The lowest BCUT2D eigenvalue weighted by atomic mass is 10.2. The first-order chi connectivity index (χ1) is 9.20. The molecule has 0 saturated carbocycles. The number of aromatic nitrogens is 1. The highest BCUT2D eigenvalue weighted by Crippen LogP contribution is 2.16. The van der Waals surface area contributed by atoms with Crippen LogP contribution in [0.4, 0.5) is 0 Å². The van der Waals surface area contributed by atoms with E-state index in [1.807, 2.05) is 19.4 Å². The normalized spacial score (nSPS) is 26.3. The van der Waals surface area contributed by atoms with Crippen LogP contribution in [0, 0.1) is 0 Å². The van der Waals surface area contributed by atoms with Crippen molar-refractivity contribution in [3.05, 3.63) is 30.1 Å². The van der Waals surface area contributed by atoms with Crippen LogP contribution >= 0.6 is 0 Å². The van der Waals surface area contributed by atoms with Crippen molar-refractivity contribution in [3.63, 3.8) is 0 Å². The molecule has 1 aliphatic rings. The highest BCUT2D eigenvalue weighted by atomic mass is 15.3. The molecule has 0 bridgehead atoms. The Kier molecular flexibility index (Phi) is 5.31. The van der Waals surface area contributed by atoms with Gasteiger partial charge in [0.15, 0.2) is 0 Å². The molecule has 4 heteroatoms. The Morgan fingerprint density at radius 1 is 1.37 bits per heavy atom. The number of nitrogens with one attached hydrogen (secondary N) is 1. The van der Waals surface area contributed by atoms with Crippen LogP contribution in [-0.2, 0) is 6.54 Å². The fourth-order valence-corrected chi connectivity index (χ4v) is 2.79. The first-order valence-electron chi connectivity index (χ1n) is 7.18. The van der Waals surface area contributed by atoms with E-state index in [9.17, 15) is 0 Å². The monoisotopic (exact) mass is 262 g/mol. The second-order valence-corrected chi connectivity index (χ2v) is 5.61. The summed E-state index contributed by atoms with van der Waals surface area (Å²) in [7, 11) is 4.29. The van der Waals surface area contributed by atoms with Gasteiger partial charge in [0.25, 0.3) is 0 Å². The van der Waals surface area contributed by atoms with Crippen LogP contribution in [0.15, 0.2) is 24.5 Å². The van der Waals surface area contributed by atoms with Gasteiger partial charge in [-0.05, 0) is 45.1 Å². The Labute approximate surface area is 116 Å². The van der Waals surface area contributed by atoms with Crippen molar-refractivity contribution >= 4 is 0 Å². The fourth-order valence-electron chi connectivity index (χ4n) is 2.79. The van der Waals surface area contributed by atoms with Gasteiger partial charge >= 0.3 is 0 Å². The minimum atomic E-state index is 0.587. The summed E-state index contributed by atoms with van der Waals surface area (Å²) in [5.74, 6) is 0. The van der Waals surface area contributed by atoms with E-state index in [4.69, 9.17) is 0 Å². The topological polar surface area (TPSA) is 31.4 Å². The van der Waals surface area contributed by atoms with Gasteiger partial charge in [-0.25, -0.2) is 0 Å². The van der Waals surface area contributed by atoms with Gasteiger partial charge in [-0.2, -0.15) is 0 Å². The van der Waals surface area contributed by atoms with E-state index in [1.54, 1.807) is 0 Å². The zero-order chi connectivity index (χ0) is 13.7. The number of hydrogen-bond donors (Lipinski definition) is 1. The molecule has 1 saturated heterocycles. The minimum Gasteiger partial charge on any atom is -0.318 e. The summed E-state index contributed by atoms with van der Waals surface area (Å²) >= 11 is 0. The maximum Gasteiger partial charge on any atom is 0.0347 e. The average Bonchev–Trinajstić information content (AvgIpc) is 2.55. The number of likely N-dealkylation sites (N-methyl/N-ethyl adjacent to an activating group) is 2. The van der Waals surface area contributed by atoms with E-state index < -0.39 is 0 Å². The summed E-state index contributed by atoms with van der Waals surface area (Å²) in [6.45, 7) is 6.72. The molecule has 106 valence electrons. The van der Waals surface area contributed by atoms with Crippen LogP contribution in [0.2, 0.25) is 0 Å². The molecule has 4 nitrogen and oxygen atoms in total. The third-order valence-electron chi connectivity index (χ3n) is 4.20. The molecule has 0 aliphatic carbocycles. The second-order valence-electron chi connectivity index (χ2n) is 5.61. The minimum absolute atomic E-state index is 0.587. The lowest BCUT2D eigenvalue weighted by molar-refractivity contribution is 0.172. The molecule has 1 fully saturated rings. The maximum atomic E-state index is 4.09. The smallest absolute Gasteiger partial charge is 0.0347 e. The molecule has 1 aromatic heterocycles. The van der Waals surface area contributed by atoms with Gasteiger partial charge in [0.05, 0.1) is 0 Å². The van der Waals surface area contributed by atoms with Crippen LogP contribution in [0.5, 0.6) is 0 Å². The zero-order valence-electron chi connectivity index (χ0n) is 12.3. The van der Waals surface area contributed by atoms with Gasteiger partial charge in [-0.15, -0.1) is 0 Å². The Morgan fingerprint density at radius 3 is 2.79 bits per heavy atom. The summed E-state index contributed by atoms with van der Waals surface area (Å²) in [6.07, 6.45) is 5.00. The quantitative estimate of drug-likeness (QED) is 0.883. The van der Waals surface area contributed by atoms with Crippen molar-refractivity contribution in [1.82, 2.24) is 20.1 Å². The fraction of sp³-hybridized carbons (Fsp3) is 0.667. The molecular formula is C15H26N4. The first kappa shape index (κ1) is 14.4. The van der Waals surface area contributed by atoms with E-state index in [-0.39, 0.29) is 0 Å². The number of pyridine rings is 1. The van der Waals surface area contributed by atoms with Gasteiger partial charge in [-0.1, -0.05) is 0 Å². The summed E-state index contributed by atoms with van der Waals surface area (Å²) in [5.41, 5.74) is 1.36. The van der Waals surface area contributed by atoms with Gasteiger partial charge in [0.2, 0.25) is 0 Å². The van der Waals surface area contributed by atoms with E-state index >= 15 is 0 Å². The van der Waals surface area contributed by atoms with Gasteiger partial charge in [0, 0.05) is 50.7 Å². The van der Waals surface area contributed by atoms with Crippen molar-refractivity contribution in [2.24, 2.45) is 0 Å². The van der Waals surface area contributed by atoms with Crippen LogP contribution in [0.1, 0.15) is 18.9 Å². The predicted molar refractivity (Wildman–Crippen MR) is 79.1 cm³/mol. The average molecular weight is 262 g/mol. The lowest BCUT2D eigenvalue weighted by Crippen LogP contribution is -2.46. The molecule has 0 spiro atoms. The van der Waals surface area contributed by atoms with E-state index in [0.717, 1.165) is 19.6 Å². The van der Waals surface area contributed by atoms with Crippen LogP contribution < -0.4 is 5.32 Å². The van der Waals surface area contributed by atoms with Crippen molar-refractivity contribution in [2.45, 2.75) is 32.0 Å². The summed E-state index contributed by atoms with van der Waals surface area (Å²) in [4.78, 5) is 9.17. The maximum absolute atomic E-state index is 4.09. The van der Waals surface area contributed by atoms with E-state index in [0.29, 0.717) is 12.1 Å². The second kappa shape index (κ2) is 6.98. The van der Waals surface area contributed by atoms with Crippen LogP contribution in [0.25, 0.3) is 0 Å². The zero-order valence-corrected chi connectivity index (χ0v) is 12.3. The van der Waals surface area contributed by atoms with Crippen LogP contribution in [0.3, 0.4) is 0 Å². The molecule has 0 radical (unpaired) electrons. The molecule has 2 unspecified atom stereocenters. The largest absolute Gasteiger partial charge is 0.318 e. The third kappa shape index (κ3) is 4.00. The molecule has 1 aliphatic heterocycles. The van der Waals surface area contributed by atoms with Crippen molar-refractivity contribution in [3.8, 4) is 0 Å².